The molecule has 0 spiro atoms. The molecule has 0 aromatic heterocycles. The molecule has 2 aliphatic rings. The van der Waals surface area contributed by atoms with Crippen molar-refractivity contribution in [3.05, 3.63) is 64.4 Å². The minimum atomic E-state index is -0.365. The summed E-state index contributed by atoms with van der Waals surface area (Å²) in [5.74, 6) is 0.0875. The SMILES string of the molecule is CC(C)(C)c1ccc2c(c1)N(CC(=O)NC[C@H]1CCCO1)C(=O)/C(=C\c1ccc(Cl)cc1)O2. The maximum absolute atomic E-state index is 13.4. The van der Waals surface area contributed by atoms with E-state index in [1.54, 1.807) is 18.2 Å². The van der Waals surface area contributed by atoms with Crippen molar-refractivity contribution in [1.82, 2.24) is 5.32 Å². The summed E-state index contributed by atoms with van der Waals surface area (Å²) < 4.78 is 11.6. The Morgan fingerprint density at radius 3 is 2.64 bits per heavy atom. The molecule has 1 atom stereocenters. The van der Waals surface area contributed by atoms with E-state index < -0.39 is 0 Å². The average molecular weight is 469 g/mol. The van der Waals surface area contributed by atoms with Gasteiger partial charge in [0.25, 0.3) is 5.91 Å². The lowest BCUT2D eigenvalue weighted by atomic mass is 9.86. The number of amides is 2. The molecule has 2 aromatic carbocycles. The van der Waals surface area contributed by atoms with Crippen LogP contribution in [0.5, 0.6) is 5.75 Å². The monoisotopic (exact) mass is 468 g/mol. The number of carbonyl (C=O) groups excluding carboxylic acids is 2. The molecule has 1 fully saturated rings. The van der Waals surface area contributed by atoms with Crippen molar-refractivity contribution in [1.29, 1.82) is 0 Å². The van der Waals surface area contributed by atoms with E-state index in [9.17, 15) is 9.59 Å². The predicted octanol–water partition coefficient (Wildman–Crippen LogP) is 4.70. The lowest BCUT2D eigenvalue weighted by molar-refractivity contribution is -0.123. The van der Waals surface area contributed by atoms with Crippen molar-refractivity contribution >= 4 is 35.2 Å². The largest absolute Gasteiger partial charge is 0.449 e. The minimum absolute atomic E-state index is 0.0366. The Morgan fingerprint density at radius 1 is 1.21 bits per heavy atom. The summed E-state index contributed by atoms with van der Waals surface area (Å²) in [7, 11) is 0. The van der Waals surface area contributed by atoms with Crippen LogP contribution in [-0.4, -0.2) is 37.6 Å². The van der Waals surface area contributed by atoms with Gasteiger partial charge in [-0.15, -0.1) is 0 Å². The summed E-state index contributed by atoms with van der Waals surface area (Å²) in [6, 6.07) is 12.9. The van der Waals surface area contributed by atoms with E-state index in [-0.39, 0.29) is 35.6 Å². The van der Waals surface area contributed by atoms with Crippen LogP contribution in [-0.2, 0) is 19.7 Å². The van der Waals surface area contributed by atoms with Crippen molar-refractivity contribution in [3.63, 3.8) is 0 Å². The maximum Gasteiger partial charge on any atom is 0.294 e. The topological polar surface area (TPSA) is 67.9 Å². The van der Waals surface area contributed by atoms with Crippen LogP contribution < -0.4 is 15.0 Å². The third-order valence-electron chi connectivity index (χ3n) is 5.81. The molecule has 2 aliphatic heterocycles. The van der Waals surface area contributed by atoms with Gasteiger partial charge in [0.1, 0.15) is 6.54 Å². The zero-order valence-electron chi connectivity index (χ0n) is 19.2. The van der Waals surface area contributed by atoms with Gasteiger partial charge >= 0.3 is 0 Å². The van der Waals surface area contributed by atoms with Crippen molar-refractivity contribution in [2.24, 2.45) is 0 Å². The number of nitrogens with one attached hydrogen (secondary N) is 1. The summed E-state index contributed by atoms with van der Waals surface area (Å²) in [5.41, 5.74) is 2.30. The van der Waals surface area contributed by atoms with E-state index in [2.05, 4.69) is 26.1 Å². The molecule has 1 N–H and O–H groups in total. The van der Waals surface area contributed by atoms with Crippen LogP contribution in [0.4, 0.5) is 5.69 Å². The van der Waals surface area contributed by atoms with Crippen LogP contribution in [0.3, 0.4) is 0 Å². The van der Waals surface area contributed by atoms with Crippen molar-refractivity contribution < 1.29 is 19.1 Å². The summed E-state index contributed by atoms with van der Waals surface area (Å²) in [6.07, 6.45) is 3.64. The number of benzene rings is 2. The van der Waals surface area contributed by atoms with Crippen LogP contribution in [0.2, 0.25) is 5.02 Å². The Labute approximate surface area is 199 Å². The molecule has 0 aliphatic carbocycles. The van der Waals surface area contributed by atoms with Gasteiger partial charge in [0.15, 0.2) is 11.5 Å². The summed E-state index contributed by atoms with van der Waals surface area (Å²) in [4.78, 5) is 27.7. The molecule has 174 valence electrons. The van der Waals surface area contributed by atoms with Crippen molar-refractivity contribution in [3.8, 4) is 5.75 Å². The fourth-order valence-electron chi connectivity index (χ4n) is 3.88. The average Bonchev–Trinajstić information content (AvgIpc) is 3.29. The van der Waals surface area contributed by atoms with E-state index in [1.807, 2.05) is 30.3 Å². The normalized spacial score (nSPS) is 19.4. The molecule has 0 radical (unpaired) electrons. The number of halogens is 1. The van der Waals surface area contributed by atoms with E-state index in [0.29, 0.717) is 23.0 Å². The van der Waals surface area contributed by atoms with E-state index in [1.165, 1.54) is 4.90 Å². The van der Waals surface area contributed by atoms with Gasteiger partial charge in [0.05, 0.1) is 11.8 Å². The molecule has 1 saturated heterocycles. The van der Waals surface area contributed by atoms with E-state index in [0.717, 1.165) is 30.6 Å². The van der Waals surface area contributed by atoms with Gasteiger partial charge in [-0.3, -0.25) is 14.5 Å². The predicted molar refractivity (Wildman–Crippen MR) is 130 cm³/mol. The molecule has 0 unspecified atom stereocenters. The van der Waals surface area contributed by atoms with Crippen LogP contribution in [0, 0.1) is 0 Å². The smallest absolute Gasteiger partial charge is 0.294 e. The molecular formula is C26H29ClN2O4. The van der Waals surface area contributed by atoms with Gasteiger partial charge in [0.2, 0.25) is 5.91 Å². The van der Waals surface area contributed by atoms with Gasteiger partial charge in [-0.2, -0.15) is 0 Å². The zero-order chi connectivity index (χ0) is 23.6. The first-order valence-electron chi connectivity index (χ1n) is 11.2. The standard InChI is InChI=1S/C26H29ClN2O4/c1-26(2,3)18-8-11-22-21(14-18)29(16-24(30)28-15-20-5-4-12-32-20)25(31)23(33-22)13-17-6-9-19(27)10-7-17/h6-11,13-14,20H,4-5,12,15-16H2,1-3H3,(H,28,30)/b23-13+/t20-/m1/s1. The number of rotatable bonds is 5. The van der Waals surface area contributed by atoms with E-state index >= 15 is 0 Å². The van der Waals surface area contributed by atoms with Crippen LogP contribution in [0.1, 0.15) is 44.7 Å². The summed E-state index contributed by atoms with van der Waals surface area (Å²) in [6.45, 7) is 7.37. The highest BCUT2D eigenvalue weighted by molar-refractivity contribution is 6.30. The molecule has 2 heterocycles. The lowest BCUT2D eigenvalue weighted by Gasteiger charge is -2.32. The molecule has 4 rings (SSSR count). The number of fused-ring (bicyclic) bond motifs is 1. The van der Waals surface area contributed by atoms with Crippen LogP contribution >= 0.6 is 11.6 Å². The fraction of sp³-hybridized carbons (Fsp3) is 0.385. The molecule has 2 aromatic rings. The third kappa shape index (κ3) is 5.57. The summed E-state index contributed by atoms with van der Waals surface area (Å²) >= 11 is 5.98. The van der Waals surface area contributed by atoms with E-state index in [4.69, 9.17) is 21.1 Å². The fourth-order valence-corrected chi connectivity index (χ4v) is 4.00. The molecule has 6 nitrogen and oxygen atoms in total. The number of ether oxygens (including phenoxy) is 2. The van der Waals surface area contributed by atoms with Gasteiger partial charge in [0, 0.05) is 18.2 Å². The second-order valence-corrected chi connectivity index (χ2v) is 9.86. The lowest BCUT2D eigenvalue weighted by Crippen LogP contribution is -2.45. The third-order valence-corrected chi connectivity index (χ3v) is 6.06. The molecule has 33 heavy (non-hydrogen) atoms. The van der Waals surface area contributed by atoms with Crippen molar-refractivity contribution in [2.45, 2.75) is 45.1 Å². The zero-order valence-corrected chi connectivity index (χ0v) is 19.9. The molecule has 7 heteroatoms. The second-order valence-electron chi connectivity index (χ2n) is 9.43. The van der Waals surface area contributed by atoms with Gasteiger partial charge in [-0.05, 0) is 59.7 Å². The molecule has 2 amide bonds. The maximum atomic E-state index is 13.4. The first-order valence-corrected chi connectivity index (χ1v) is 11.6. The van der Waals surface area contributed by atoms with Gasteiger partial charge < -0.3 is 14.8 Å². The quantitative estimate of drug-likeness (QED) is 0.646. The number of nitrogens with zero attached hydrogens (tertiary/aromatic N) is 1. The van der Waals surface area contributed by atoms with Gasteiger partial charge in [-0.1, -0.05) is 50.6 Å². The minimum Gasteiger partial charge on any atom is -0.449 e. The Bertz CT molecular complexity index is 1070. The Hall–Kier alpha value is -2.83. The molecule has 0 bridgehead atoms. The van der Waals surface area contributed by atoms with Crippen LogP contribution in [0.25, 0.3) is 6.08 Å². The van der Waals surface area contributed by atoms with Crippen LogP contribution in [0.15, 0.2) is 48.2 Å². The summed E-state index contributed by atoms with van der Waals surface area (Å²) in [5, 5.41) is 3.52. The highest BCUT2D eigenvalue weighted by atomic mass is 35.5. The first-order chi connectivity index (χ1) is 15.7. The number of anilines is 1. The van der Waals surface area contributed by atoms with Gasteiger partial charge in [-0.25, -0.2) is 0 Å². The molecule has 0 saturated carbocycles. The second kappa shape index (κ2) is 9.57. The number of hydrogen-bond acceptors (Lipinski definition) is 4. The Balaban J connectivity index is 1.63. The van der Waals surface area contributed by atoms with Crippen molar-refractivity contribution in [2.75, 3.05) is 24.6 Å². The first kappa shape index (κ1) is 23.3. The molecular weight excluding hydrogens is 440 g/mol. The highest BCUT2D eigenvalue weighted by Crippen LogP contribution is 2.39. The highest BCUT2D eigenvalue weighted by Gasteiger charge is 2.33. The number of carbonyl (C=O) groups is 2. The Morgan fingerprint density at radius 2 is 1.97 bits per heavy atom. The Kier molecular flexibility index (Phi) is 6.77. The number of hydrogen-bond donors (Lipinski definition) is 1.